The van der Waals surface area contributed by atoms with Crippen molar-refractivity contribution in [2.24, 2.45) is 0 Å². The number of carbonyl (C=O) groups is 4. The van der Waals surface area contributed by atoms with E-state index >= 15 is 0 Å². The fourth-order valence-corrected chi connectivity index (χ4v) is 20.5. The maximum Gasteiger partial charge on any atom is 0.315 e. The lowest BCUT2D eigenvalue weighted by atomic mass is 9.83. The lowest BCUT2D eigenvalue weighted by Gasteiger charge is -2.36. The van der Waals surface area contributed by atoms with Crippen LogP contribution in [0.5, 0.6) is 0 Å². The monoisotopic (exact) mass is 1990 g/mol. The highest BCUT2D eigenvalue weighted by Crippen LogP contribution is 2.43. The first-order valence-electron chi connectivity index (χ1n) is 42.8. The fraction of sp³-hybridized carbons (Fsp3) is 0.535. The predicted octanol–water partition coefficient (Wildman–Crippen LogP) is 6.39. The first kappa shape index (κ1) is 107. The maximum atomic E-state index is 13.9. The summed E-state index contributed by atoms with van der Waals surface area (Å²) in [6, 6.07) is 28.5. The molecule has 0 spiro atoms. The van der Waals surface area contributed by atoms with Crippen LogP contribution >= 0.6 is 69.6 Å². The number of nitrogens with one attached hydrogen (secondary N) is 11. The Kier molecular flexibility index (Phi) is 44.1. The number of nitrogens with zero attached hydrogens (tertiary/aromatic N) is 3. The van der Waals surface area contributed by atoms with Gasteiger partial charge < -0.3 is 111 Å². The second-order valence-electron chi connectivity index (χ2n) is 32.0. The number of rotatable bonds is 55. The molecule has 16 N–H and O–H groups in total. The number of hydrogen-bond acceptors (Lipinski definition) is 24. The van der Waals surface area contributed by atoms with Crippen molar-refractivity contribution in [1.82, 2.24) is 71.4 Å². The Bertz CT molecular complexity index is 4590. The van der Waals surface area contributed by atoms with Gasteiger partial charge in [0, 0.05) is 158 Å². The molecule has 3 heterocycles. The topological polar surface area (TPSA) is 469 Å². The van der Waals surface area contributed by atoms with Crippen molar-refractivity contribution in [3.63, 3.8) is 0 Å². The van der Waals surface area contributed by atoms with Gasteiger partial charge in [-0.05, 0) is 183 Å². The van der Waals surface area contributed by atoms with Gasteiger partial charge in [0.2, 0.25) is 30.1 Å². The Morgan fingerprint density at radius 3 is 0.969 bits per heavy atom. The molecule has 0 aromatic heterocycles. The Morgan fingerprint density at radius 2 is 0.669 bits per heavy atom. The van der Waals surface area contributed by atoms with Crippen molar-refractivity contribution >= 4 is 124 Å². The smallest absolute Gasteiger partial charge is 0.315 e. The third-order valence-corrected chi connectivity index (χ3v) is 28.1. The molecule has 7 atom stereocenters. The van der Waals surface area contributed by atoms with E-state index in [1.807, 2.05) is 57.5 Å². The van der Waals surface area contributed by atoms with Gasteiger partial charge in [0.15, 0.2) is 0 Å². The third-order valence-electron chi connectivity index (χ3n) is 22.0. The number of aliphatic hydroxyl groups is 5. The Morgan fingerprint density at radius 1 is 0.385 bits per heavy atom. The number of ether oxygens (including phenoxy) is 6. The van der Waals surface area contributed by atoms with Crippen LogP contribution < -0.4 is 56.7 Å². The number of fused-ring (bicyclic) bond motifs is 3. The molecule has 44 heteroatoms. The molecular formula is C86H120Cl6N14O21S3. The van der Waals surface area contributed by atoms with Crippen LogP contribution in [0.1, 0.15) is 106 Å². The zero-order chi connectivity index (χ0) is 94.0. The number of sulfonamides is 3. The van der Waals surface area contributed by atoms with Gasteiger partial charge in [-0.1, -0.05) is 106 Å². The van der Waals surface area contributed by atoms with E-state index in [2.05, 4.69) is 71.4 Å². The molecule has 0 radical (unpaired) electrons. The van der Waals surface area contributed by atoms with Crippen LogP contribution in [0.2, 0.25) is 30.1 Å². The minimum Gasteiger partial charge on any atom is -0.394 e. The molecule has 0 fully saturated rings. The van der Waals surface area contributed by atoms with Crippen LogP contribution in [-0.2, 0) is 78.1 Å². The average molecular weight is 1990 g/mol. The van der Waals surface area contributed by atoms with Crippen LogP contribution in [-0.4, -0.2) is 312 Å². The van der Waals surface area contributed by atoms with Crippen LogP contribution in [0, 0.1) is 0 Å². The number of benzene rings is 6. The summed E-state index contributed by atoms with van der Waals surface area (Å²) in [6.07, 6.45) is -6.30. The molecule has 6 aromatic carbocycles. The normalized spacial score (nSPS) is 16.6. The Labute approximate surface area is 790 Å². The highest BCUT2D eigenvalue weighted by Gasteiger charge is 2.36. The number of hydrogen-bond donors (Lipinski definition) is 16. The van der Waals surface area contributed by atoms with Crippen LogP contribution in [0.25, 0.3) is 0 Å². The van der Waals surface area contributed by atoms with Gasteiger partial charge in [0.05, 0.1) is 107 Å². The van der Waals surface area contributed by atoms with E-state index in [-0.39, 0.29) is 209 Å². The van der Waals surface area contributed by atoms with E-state index in [4.69, 9.17) is 98.0 Å². The highest BCUT2D eigenvalue weighted by atomic mass is 35.5. The number of carbonyl (C=O) groups excluding carboxylic acids is 4. The first-order chi connectivity index (χ1) is 62.1. The van der Waals surface area contributed by atoms with Crippen LogP contribution in [0.15, 0.2) is 124 Å². The van der Waals surface area contributed by atoms with Crippen molar-refractivity contribution < 1.29 is 98.4 Å². The predicted molar refractivity (Wildman–Crippen MR) is 496 cm³/mol. The van der Waals surface area contributed by atoms with Crippen molar-refractivity contribution in [3.05, 3.63) is 189 Å². The van der Waals surface area contributed by atoms with Crippen molar-refractivity contribution in [2.45, 2.75) is 121 Å². The van der Waals surface area contributed by atoms with E-state index < -0.39 is 97.3 Å². The number of halogens is 6. The second kappa shape index (κ2) is 53.6. The summed E-state index contributed by atoms with van der Waals surface area (Å²) in [5.41, 5.74) is 6.89. The van der Waals surface area contributed by atoms with Gasteiger partial charge >= 0.3 is 24.1 Å². The van der Waals surface area contributed by atoms with E-state index in [1.54, 1.807) is 54.6 Å². The zero-order valence-electron chi connectivity index (χ0n) is 72.8. The Balaban J connectivity index is 0.709. The van der Waals surface area contributed by atoms with Crippen molar-refractivity contribution in [1.29, 1.82) is 0 Å². The van der Waals surface area contributed by atoms with E-state index in [9.17, 15) is 70.0 Å². The number of amides is 8. The molecule has 3 aliphatic rings. The molecule has 130 heavy (non-hydrogen) atoms. The molecule has 35 nitrogen and oxygen atoms in total. The van der Waals surface area contributed by atoms with Crippen LogP contribution in [0.4, 0.5) is 19.2 Å². The molecule has 6 aromatic rings. The molecule has 3 aliphatic heterocycles. The SMILES string of the molecule is CN1Cc2c(Cl)cc(Cl)cc2[C@H](c2cccc(S(=O)(=O)NCCOCCOCCNC(=O)NCCCC(CCCNC(=O)NCCOCCOCCNS(=O)(=O)c3cccc([C@@H]4CN(C)Cc5c(Cl)cc(Cl)cc54)c3)(CCCNC(=O)NCCOCCOCCNS(=O)(=O)c3cccc([C@@H]4CN(C)Cc5c(Cl)cc(Cl)cc54)c3)NC(=O)NC[C@H](O)[C@H](O)[C@H](O)[C@H](O)CO)c2)C1. The zero-order valence-corrected chi connectivity index (χ0v) is 79.8. The molecule has 8 amide bonds. The van der Waals surface area contributed by atoms with Gasteiger partial charge in [0.1, 0.15) is 18.3 Å². The first-order valence-corrected chi connectivity index (χ1v) is 49.6. The molecule has 720 valence electrons. The quantitative estimate of drug-likeness (QED) is 0.0184. The summed E-state index contributed by atoms with van der Waals surface area (Å²) >= 11 is 38.9. The van der Waals surface area contributed by atoms with E-state index in [0.29, 0.717) is 69.4 Å². The number of likely N-dealkylation sites (N-methyl/N-ethyl adjacent to an activating group) is 3. The van der Waals surface area contributed by atoms with E-state index in [1.165, 1.54) is 18.2 Å². The lowest BCUT2D eigenvalue weighted by Crippen LogP contribution is -2.55. The minimum atomic E-state index is -3.92. The minimum absolute atomic E-state index is 0.0168. The lowest BCUT2D eigenvalue weighted by molar-refractivity contribution is -0.113. The largest absolute Gasteiger partial charge is 0.394 e. The molecule has 9 rings (SSSR count). The van der Waals surface area contributed by atoms with E-state index in [0.717, 1.165) is 50.1 Å². The van der Waals surface area contributed by atoms with Gasteiger partial charge in [-0.25, -0.2) is 58.6 Å². The molecular weight excluding hydrogens is 1870 g/mol. The molecule has 0 saturated carbocycles. The molecule has 0 unspecified atom stereocenters. The fourth-order valence-electron chi connectivity index (χ4n) is 15.6. The summed E-state index contributed by atoms with van der Waals surface area (Å²) in [6.45, 7) is 3.89. The summed E-state index contributed by atoms with van der Waals surface area (Å²) in [4.78, 5) is 59.9. The molecule has 0 bridgehead atoms. The van der Waals surface area contributed by atoms with Gasteiger partial charge in [-0.2, -0.15) is 0 Å². The Hall–Kier alpha value is -6.69. The number of urea groups is 4. The van der Waals surface area contributed by atoms with Gasteiger partial charge in [-0.3, -0.25) is 0 Å². The number of aliphatic hydroxyl groups excluding tert-OH is 5. The van der Waals surface area contributed by atoms with Gasteiger partial charge in [-0.15, -0.1) is 0 Å². The maximum absolute atomic E-state index is 13.9. The summed E-state index contributed by atoms with van der Waals surface area (Å²) in [5.74, 6) is -0.496. The molecule has 0 saturated heterocycles. The van der Waals surface area contributed by atoms with Crippen molar-refractivity contribution in [2.75, 3.05) is 192 Å². The average Bonchev–Trinajstić information content (AvgIpc) is 0.779. The second-order valence-corrected chi connectivity index (χ2v) is 39.8. The van der Waals surface area contributed by atoms with Gasteiger partial charge in [0.25, 0.3) is 0 Å². The molecule has 0 aliphatic carbocycles. The summed E-state index contributed by atoms with van der Waals surface area (Å²) < 4.78 is 122. The van der Waals surface area contributed by atoms with Crippen LogP contribution in [0.3, 0.4) is 0 Å². The van der Waals surface area contributed by atoms with Crippen molar-refractivity contribution in [3.8, 4) is 0 Å². The highest BCUT2D eigenvalue weighted by molar-refractivity contribution is 7.90. The standard InChI is InChI=1S/C86H120Cl6N14O21S3/c1-104-50-69(66-43-60(87)46-75(90)72(66)53-104)57-10-4-13-63(40-57)128(116,117)100-25-31-125-37-34-122-28-22-96-82(112)93-19-7-16-86(103-85(115)99-49-78(108)80(110)81(111)79(109)56-107,17-8-20-94-83(113)97-23-29-123-35-38-126-32-26-101-129(118,119)64-14-5-11-58(41-64)70-51-105(2)54-73-67(70)44-61(88)47-76(73)91)18-9-21-95-84(114)98-24-30-124-36-39-127-33-27-102-130(120,121)65-15-6-12-59(42-65)71-52-106(3)55-74-68(71)45-62(89)48-77(74)92/h4-6,10-15,40-48,69-71,78-81,100-102,107-111H,7-9,16-39,49-56H2,1-3H3,(H2,93,96,112)(H2,94,97,113)(H2,95,98,114)(H2,99,103,115)/t69-,70-,71-,78-,79+,80-,81+/m0/s1. The summed E-state index contributed by atoms with van der Waals surface area (Å²) in [5, 5.41) is 76.0. The third kappa shape index (κ3) is 34.0. The summed E-state index contributed by atoms with van der Waals surface area (Å²) in [7, 11) is -5.84.